The molecular weight excluding hydrogens is 190 g/mol. The van der Waals surface area contributed by atoms with Gasteiger partial charge in [-0.1, -0.05) is 0 Å². The number of fused-ring (bicyclic) bond motifs is 1. The number of aromatic nitrogens is 2. The molecule has 0 unspecified atom stereocenters. The first-order chi connectivity index (χ1) is 7.31. The summed E-state index contributed by atoms with van der Waals surface area (Å²) in [5.41, 5.74) is 8.84. The lowest BCUT2D eigenvalue weighted by atomic mass is 10.1. The lowest BCUT2D eigenvalue weighted by molar-refractivity contribution is 0.419. The van der Waals surface area contributed by atoms with E-state index in [0.29, 0.717) is 11.6 Å². The van der Waals surface area contributed by atoms with Crippen LogP contribution in [0.5, 0.6) is 5.75 Å². The van der Waals surface area contributed by atoms with E-state index in [1.165, 1.54) is 18.4 Å². The molecule has 1 fully saturated rings. The fourth-order valence-corrected chi connectivity index (χ4v) is 1.99. The number of nitrogens with two attached hydrogens (primary N) is 1. The molecule has 1 aliphatic rings. The van der Waals surface area contributed by atoms with E-state index in [2.05, 4.69) is 5.10 Å². The van der Waals surface area contributed by atoms with Crippen molar-refractivity contribution in [3.63, 3.8) is 0 Å². The average Bonchev–Trinajstić information content (AvgIpc) is 2.99. The highest BCUT2D eigenvalue weighted by molar-refractivity contribution is 5.75. The molecule has 4 nitrogen and oxygen atoms in total. The number of nitrogen functional groups attached to an aromatic ring is 1. The van der Waals surface area contributed by atoms with Gasteiger partial charge in [-0.3, -0.25) is 0 Å². The summed E-state index contributed by atoms with van der Waals surface area (Å²) in [6, 6.07) is 1.81. The molecule has 0 saturated heterocycles. The molecule has 2 N–H and O–H groups in total. The van der Waals surface area contributed by atoms with Gasteiger partial charge in [-0.2, -0.15) is 5.10 Å². The zero-order valence-corrected chi connectivity index (χ0v) is 8.60. The Labute approximate surface area is 87.6 Å². The smallest absolute Gasteiger partial charge is 0.167 e. The van der Waals surface area contributed by atoms with Crippen molar-refractivity contribution in [3.8, 4) is 5.75 Å². The number of rotatable bonds is 2. The minimum Gasteiger partial charge on any atom is -0.492 e. The third kappa shape index (κ3) is 1.17. The summed E-state index contributed by atoms with van der Waals surface area (Å²) in [6.07, 6.45) is 6.30. The van der Waals surface area contributed by atoms with Gasteiger partial charge in [0.15, 0.2) is 5.75 Å². The fraction of sp³-hybridized carbons (Fsp3) is 0.364. The molecule has 2 heterocycles. The maximum atomic E-state index is 5.88. The first-order valence-corrected chi connectivity index (χ1v) is 5.11. The van der Waals surface area contributed by atoms with Gasteiger partial charge < -0.3 is 10.5 Å². The summed E-state index contributed by atoms with van der Waals surface area (Å²) in [7, 11) is 1.65. The van der Waals surface area contributed by atoms with Crippen LogP contribution in [0.1, 0.15) is 24.3 Å². The maximum Gasteiger partial charge on any atom is 0.167 e. The van der Waals surface area contributed by atoms with Crippen molar-refractivity contribution in [3.05, 3.63) is 24.0 Å². The first kappa shape index (κ1) is 8.59. The Bertz CT molecular complexity index is 514. The minimum atomic E-state index is 0.651. The van der Waals surface area contributed by atoms with E-state index in [9.17, 15) is 0 Å². The van der Waals surface area contributed by atoms with Crippen LogP contribution in [-0.4, -0.2) is 16.7 Å². The molecule has 0 amide bonds. The average molecular weight is 203 g/mol. The lowest BCUT2D eigenvalue weighted by Crippen LogP contribution is -1.97. The Hall–Kier alpha value is -1.71. The SMILES string of the molecule is COc1c(N)ccn2ncc(C3CC3)c12. The quantitative estimate of drug-likeness (QED) is 0.809. The molecule has 78 valence electrons. The van der Waals surface area contributed by atoms with Gasteiger partial charge in [0.25, 0.3) is 0 Å². The summed E-state index contributed by atoms with van der Waals surface area (Å²) in [4.78, 5) is 0. The van der Waals surface area contributed by atoms with Gasteiger partial charge in [0.05, 0.1) is 19.0 Å². The van der Waals surface area contributed by atoms with E-state index in [4.69, 9.17) is 10.5 Å². The zero-order chi connectivity index (χ0) is 10.4. The van der Waals surface area contributed by atoms with Gasteiger partial charge in [-0.25, -0.2) is 4.52 Å². The van der Waals surface area contributed by atoms with E-state index < -0.39 is 0 Å². The Morgan fingerprint density at radius 1 is 1.53 bits per heavy atom. The zero-order valence-electron chi connectivity index (χ0n) is 8.60. The standard InChI is InChI=1S/C11H13N3O/c1-15-11-9(12)4-5-14-10(11)8(6-13-14)7-2-3-7/h4-7H,2-3,12H2,1H3. The highest BCUT2D eigenvalue weighted by Crippen LogP contribution is 2.44. The molecule has 0 bridgehead atoms. The van der Waals surface area contributed by atoms with Gasteiger partial charge in [-0.15, -0.1) is 0 Å². The molecule has 1 aliphatic carbocycles. The van der Waals surface area contributed by atoms with Crippen LogP contribution in [0.15, 0.2) is 18.5 Å². The number of nitrogens with zero attached hydrogens (tertiary/aromatic N) is 2. The topological polar surface area (TPSA) is 52.5 Å². The van der Waals surface area contributed by atoms with E-state index in [1.807, 2.05) is 23.0 Å². The van der Waals surface area contributed by atoms with E-state index in [0.717, 1.165) is 11.3 Å². The van der Waals surface area contributed by atoms with Crippen LogP contribution in [0.25, 0.3) is 5.52 Å². The summed E-state index contributed by atoms with van der Waals surface area (Å²) >= 11 is 0. The highest BCUT2D eigenvalue weighted by atomic mass is 16.5. The molecule has 4 heteroatoms. The molecule has 0 aromatic carbocycles. The van der Waals surface area contributed by atoms with E-state index in [1.54, 1.807) is 7.11 Å². The van der Waals surface area contributed by atoms with Crippen LogP contribution in [-0.2, 0) is 0 Å². The highest BCUT2D eigenvalue weighted by Gasteiger charge is 2.28. The molecule has 0 radical (unpaired) electrons. The van der Waals surface area contributed by atoms with Crippen molar-refractivity contribution in [2.45, 2.75) is 18.8 Å². The summed E-state index contributed by atoms with van der Waals surface area (Å²) < 4.78 is 7.19. The molecule has 3 rings (SSSR count). The van der Waals surface area contributed by atoms with Crippen LogP contribution >= 0.6 is 0 Å². The van der Waals surface area contributed by atoms with Crippen LogP contribution in [0.2, 0.25) is 0 Å². The first-order valence-electron chi connectivity index (χ1n) is 5.11. The Morgan fingerprint density at radius 2 is 2.33 bits per heavy atom. The molecule has 0 spiro atoms. The number of methoxy groups -OCH3 is 1. The molecule has 1 saturated carbocycles. The van der Waals surface area contributed by atoms with Gasteiger partial charge in [-0.05, 0) is 24.8 Å². The Morgan fingerprint density at radius 3 is 3.00 bits per heavy atom. The summed E-state index contributed by atoms with van der Waals surface area (Å²) in [5.74, 6) is 1.40. The number of ether oxygens (including phenoxy) is 1. The van der Waals surface area contributed by atoms with Crippen LogP contribution in [0.3, 0.4) is 0 Å². The van der Waals surface area contributed by atoms with Gasteiger partial charge in [0, 0.05) is 11.8 Å². The molecule has 15 heavy (non-hydrogen) atoms. The fourth-order valence-electron chi connectivity index (χ4n) is 1.99. The van der Waals surface area contributed by atoms with Crippen molar-refractivity contribution < 1.29 is 4.74 Å². The van der Waals surface area contributed by atoms with Crippen LogP contribution in [0, 0.1) is 0 Å². The Balaban J connectivity index is 2.33. The molecule has 2 aromatic heterocycles. The molecule has 2 aromatic rings. The maximum absolute atomic E-state index is 5.88. The second kappa shape index (κ2) is 2.89. The normalized spacial score (nSPS) is 15.8. The minimum absolute atomic E-state index is 0.651. The van der Waals surface area contributed by atoms with E-state index >= 15 is 0 Å². The van der Waals surface area contributed by atoms with Gasteiger partial charge in [0.2, 0.25) is 0 Å². The largest absolute Gasteiger partial charge is 0.492 e. The molecule has 0 atom stereocenters. The van der Waals surface area contributed by atoms with Crippen molar-refractivity contribution in [1.82, 2.24) is 9.61 Å². The van der Waals surface area contributed by atoms with Crippen molar-refractivity contribution in [2.24, 2.45) is 0 Å². The number of pyridine rings is 1. The third-order valence-corrected chi connectivity index (χ3v) is 2.92. The lowest BCUT2D eigenvalue weighted by Gasteiger charge is -2.07. The molecule has 0 aliphatic heterocycles. The number of hydrogen-bond donors (Lipinski definition) is 1. The van der Waals surface area contributed by atoms with Crippen molar-refractivity contribution >= 4 is 11.2 Å². The van der Waals surface area contributed by atoms with Crippen molar-refractivity contribution in [2.75, 3.05) is 12.8 Å². The summed E-state index contributed by atoms with van der Waals surface area (Å²) in [6.45, 7) is 0. The second-order valence-electron chi connectivity index (χ2n) is 3.97. The predicted molar refractivity (Wildman–Crippen MR) is 58.1 cm³/mol. The number of anilines is 1. The van der Waals surface area contributed by atoms with E-state index in [-0.39, 0.29) is 0 Å². The molecular formula is C11H13N3O. The summed E-state index contributed by atoms with van der Waals surface area (Å²) in [5, 5.41) is 4.31. The van der Waals surface area contributed by atoms with Gasteiger partial charge >= 0.3 is 0 Å². The van der Waals surface area contributed by atoms with Crippen LogP contribution in [0.4, 0.5) is 5.69 Å². The second-order valence-corrected chi connectivity index (χ2v) is 3.97. The van der Waals surface area contributed by atoms with Gasteiger partial charge in [0.1, 0.15) is 5.52 Å². The Kier molecular flexibility index (Phi) is 1.65. The van der Waals surface area contributed by atoms with Crippen molar-refractivity contribution in [1.29, 1.82) is 0 Å². The number of hydrogen-bond acceptors (Lipinski definition) is 3. The predicted octanol–water partition coefficient (Wildman–Crippen LogP) is 1.80. The third-order valence-electron chi connectivity index (χ3n) is 2.92. The monoisotopic (exact) mass is 203 g/mol. The van der Waals surface area contributed by atoms with Crippen LogP contribution < -0.4 is 10.5 Å².